The van der Waals surface area contributed by atoms with E-state index >= 15 is 0 Å². The number of piperidine rings is 1. The van der Waals surface area contributed by atoms with Crippen molar-refractivity contribution in [2.75, 3.05) is 56.7 Å². The molecule has 2 aliphatic heterocycles. The van der Waals surface area contributed by atoms with Gasteiger partial charge in [0.15, 0.2) is 11.5 Å². The number of nitrogens with zero attached hydrogens (tertiary/aromatic N) is 5. The predicted molar refractivity (Wildman–Crippen MR) is 150 cm³/mol. The second-order valence-electron chi connectivity index (χ2n) is 9.77. The lowest BCUT2D eigenvalue weighted by atomic mass is 10.1. The van der Waals surface area contributed by atoms with Crippen LogP contribution in [-0.2, 0) is 4.74 Å². The van der Waals surface area contributed by atoms with Crippen LogP contribution in [0.3, 0.4) is 0 Å². The molecule has 0 bridgehead atoms. The number of aromatic nitrogens is 3. The third-order valence-corrected chi connectivity index (χ3v) is 6.99. The van der Waals surface area contributed by atoms with Crippen LogP contribution >= 0.6 is 0 Å². The molecule has 5 rings (SSSR count). The monoisotopic (exact) mass is 560 g/mol. The molecule has 0 spiro atoms. The van der Waals surface area contributed by atoms with Gasteiger partial charge in [-0.1, -0.05) is 0 Å². The van der Waals surface area contributed by atoms with E-state index in [9.17, 15) is 14.4 Å². The molecule has 0 radical (unpaired) electrons. The van der Waals surface area contributed by atoms with E-state index in [1.54, 1.807) is 60.5 Å². The summed E-state index contributed by atoms with van der Waals surface area (Å²) in [5.74, 6) is 0.111. The van der Waals surface area contributed by atoms with Crippen molar-refractivity contribution < 1.29 is 23.9 Å². The van der Waals surface area contributed by atoms with Gasteiger partial charge in [0, 0.05) is 49.0 Å². The largest absolute Gasteiger partial charge is 0.497 e. The van der Waals surface area contributed by atoms with E-state index < -0.39 is 5.91 Å². The number of hydrogen-bond acceptors (Lipinski definition) is 10. The van der Waals surface area contributed by atoms with Crippen molar-refractivity contribution >= 4 is 35.2 Å². The smallest absolute Gasteiger partial charge is 0.273 e. The fraction of sp³-hybridized carbons (Fsp3) is 0.357. The number of nitrogens with one attached hydrogen (secondary N) is 2. The molecule has 41 heavy (non-hydrogen) atoms. The minimum Gasteiger partial charge on any atom is -0.497 e. The lowest BCUT2D eigenvalue weighted by Crippen LogP contribution is -2.48. The van der Waals surface area contributed by atoms with E-state index in [0.29, 0.717) is 67.9 Å². The van der Waals surface area contributed by atoms with Crippen molar-refractivity contribution in [3.05, 3.63) is 65.4 Å². The average molecular weight is 561 g/mol. The number of hydrogen-bond donors (Lipinski definition) is 3. The van der Waals surface area contributed by atoms with Crippen molar-refractivity contribution in [1.29, 1.82) is 0 Å². The zero-order valence-electron chi connectivity index (χ0n) is 22.7. The van der Waals surface area contributed by atoms with Crippen LogP contribution in [0.2, 0.25) is 0 Å². The Bertz CT molecular complexity index is 1390. The number of primary amides is 1. The standard InChI is InChI=1S/C28H32N8O5/c1-40-22-10-6-18(7-11-22)26(38)31-21-3-2-12-36(17-21)28-32-25(23(24(29)37)33-34-28)30-20-8-4-19(5-9-20)27(39)35-13-15-41-16-14-35/h4-11,21H,2-3,12-17H2,1H3,(H2,29,37)(H,31,38)(H,30,32,34). The molecular weight excluding hydrogens is 528 g/mol. The van der Waals surface area contributed by atoms with Gasteiger partial charge in [0.1, 0.15) is 5.75 Å². The number of morpholine rings is 1. The van der Waals surface area contributed by atoms with Crippen LogP contribution in [0.25, 0.3) is 0 Å². The molecule has 2 saturated heterocycles. The second-order valence-corrected chi connectivity index (χ2v) is 9.77. The number of carbonyl (C=O) groups is 3. The summed E-state index contributed by atoms with van der Waals surface area (Å²) in [4.78, 5) is 45.8. The van der Waals surface area contributed by atoms with Gasteiger partial charge in [-0.3, -0.25) is 14.4 Å². The summed E-state index contributed by atoms with van der Waals surface area (Å²) < 4.78 is 10.5. The van der Waals surface area contributed by atoms with Crippen LogP contribution in [0.4, 0.5) is 17.5 Å². The molecule has 0 aliphatic carbocycles. The van der Waals surface area contributed by atoms with Gasteiger partial charge in [-0.2, -0.15) is 4.98 Å². The van der Waals surface area contributed by atoms with Gasteiger partial charge in [0.05, 0.1) is 20.3 Å². The maximum absolute atomic E-state index is 12.8. The number of ether oxygens (including phenoxy) is 2. The minimum absolute atomic E-state index is 0.0672. The average Bonchev–Trinajstić information content (AvgIpc) is 3.01. The first-order valence-corrected chi connectivity index (χ1v) is 13.4. The number of amides is 3. The maximum Gasteiger partial charge on any atom is 0.273 e. The van der Waals surface area contributed by atoms with Gasteiger partial charge in [0.25, 0.3) is 17.7 Å². The van der Waals surface area contributed by atoms with E-state index in [-0.39, 0.29) is 29.4 Å². The highest BCUT2D eigenvalue weighted by molar-refractivity contribution is 5.97. The van der Waals surface area contributed by atoms with Crippen LogP contribution in [0, 0.1) is 0 Å². The Balaban J connectivity index is 1.27. The molecule has 2 aromatic carbocycles. The topological polar surface area (TPSA) is 165 Å². The first kappa shape index (κ1) is 27.8. The fourth-order valence-corrected chi connectivity index (χ4v) is 4.77. The van der Waals surface area contributed by atoms with Crippen molar-refractivity contribution in [2.45, 2.75) is 18.9 Å². The lowest BCUT2D eigenvalue weighted by molar-refractivity contribution is 0.0303. The lowest BCUT2D eigenvalue weighted by Gasteiger charge is -2.33. The Morgan fingerprint density at radius 1 is 0.976 bits per heavy atom. The number of carbonyl (C=O) groups excluding carboxylic acids is 3. The van der Waals surface area contributed by atoms with E-state index in [2.05, 4.69) is 25.8 Å². The molecule has 2 fully saturated rings. The van der Waals surface area contributed by atoms with Crippen molar-refractivity contribution in [3.8, 4) is 5.75 Å². The number of methoxy groups -OCH3 is 1. The van der Waals surface area contributed by atoms with Crippen molar-refractivity contribution in [2.24, 2.45) is 5.73 Å². The van der Waals surface area contributed by atoms with E-state index in [0.717, 1.165) is 12.8 Å². The first-order chi connectivity index (χ1) is 19.9. The molecule has 2 aliphatic rings. The van der Waals surface area contributed by atoms with Gasteiger partial charge in [0.2, 0.25) is 5.95 Å². The number of nitrogens with two attached hydrogens (primary N) is 1. The van der Waals surface area contributed by atoms with Crippen LogP contribution in [0.1, 0.15) is 44.0 Å². The summed E-state index contributed by atoms with van der Waals surface area (Å²) in [6.45, 7) is 3.28. The van der Waals surface area contributed by atoms with Gasteiger partial charge in [-0.05, 0) is 61.4 Å². The Morgan fingerprint density at radius 3 is 2.37 bits per heavy atom. The van der Waals surface area contributed by atoms with Crippen LogP contribution in [0.5, 0.6) is 5.75 Å². The summed E-state index contributed by atoms with van der Waals surface area (Å²) in [6.07, 6.45) is 1.60. The van der Waals surface area contributed by atoms with E-state index in [1.807, 2.05) is 4.90 Å². The highest BCUT2D eigenvalue weighted by atomic mass is 16.5. The van der Waals surface area contributed by atoms with Crippen LogP contribution in [0.15, 0.2) is 48.5 Å². The summed E-state index contributed by atoms with van der Waals surface area (Å²) in [6, 6.07) is 13.7. The molecule has 3 amide bonds. The summed E-state index contributed by atoms with van der Waals surface area (Å²) in [7, 11) is 1.57. The molecule has 214 valence electrons. The summed E-state index contributed by atoms with van der Waals surface area (Å²) >= 11 is 0. The molecular formula is C28H32N8O5. The van der Waals surface area contributed by atoms with Crippen LogP contribution in [-0.4, -0.2) is 90.3 Å². The van der Waals surface area contributed by atoms with Crippen LogP contribution < -0.4 is 26.0 Å². The van der Waals surface area contributed by atoms with Crippen molar-refractivity contribution in [3.63, 3.8) is 0 Å². The first-order valence-electron chi connectivity index (χ1n) is 13.4. The second kappa shape index (κ2) is 12.6. The molecule has 3 aromatic rings. The highest BCUT2D eigenvalue weighted by Crippen LogP contribution is 2.23. The molecule has 0 saturated carbocycles. The van der Waals surface area contributed by atoms with Gasteiger partial charge in [-0.25, -0.2) is 0 Å². The number of anilines is 3. The Morgan fingerprint density at radius 2 is 1.68 bits per heavy atom. The maximum atomic E-state index is 12.8. The molecule has 1 atom stereocenters. The van der Waals surface area contributed by atoms with E-state index in [4.69, 9.17) is 15.2 Å². The Labute approximate surface area is 237 Å². The zero-order valence-corrected chi connectivity index (χ0v) is 22.7. The third-order valence-electron chi connectivity index (χ3n) is 6.99. The highest BCUT2D eigenvalue weighted by Gasteiger charge is 2.26. The molecule has 3 heterocycles. The number of rotatable bonds is 8. The molecule has 1 unspecified atom stereocenters. The third kappa shape index (κ3) is 6.69. The SMILES string of the molecule is COc1ccc(C(=O)NC2CCCN(c3nnc(C(N)=O)c(Nc4ccc(C(=O)N5CCOCC5)cc4)n3)C2)cc1. The predicted octanol–water partition coefficient (Wildman–Crippen LogP) is 1.59. The molecule has 1 aromatic heterocycles. The molecule has 13 nitrogen and oxygen atoms in total. The van der Waals surface area contributed by atoms with Gasteiger partial charge < -0.3 is 35.6 Å². The molecule has 4 N–H and O–H groups in total. The Hall–Kier alpha value is -4.78. The van der Waals surface area contributed by atoms with Crippen molar-refractivity contribution in [1.82, 2.24) is 25.4 Å². The minimum atomic E-state index is -0.776. The molecule has 13 heteroatoms. The quantitative estimate of drug-likeness (QED) is 0.368. The Kier molecular flexibility index (Phi) is 8.53. The summed E-state index contributed by atoms with van der Waals surface area (Å²) in [5.41, 5.74) is 7.12. The van der Waals surface area contributed by atoms with Gasteiger partial charge >= 0.3 is 0 Å². The summed E-state index contributed by atoms with van der Waals surface area (Å²) in [5, 5.41) is 14.3. The number of benzene rings is 2. The zero-order chi connectivity index (χ0) is 28.8. The van der Waals surface area contributed by atoms with Gasteiger partial charge in [-0.15, -0.1) is 10.2 Å². The fourth-order valence-electron chi connectivity index (χ4n) is 4.77. The normalized spacial score (nSPS) is 17.0. The van der Waals surface area contributed by atoms with E-state index in [1.165, 1.54) is 0 Å².